The lowest BCUT2D eigenvalue weighted by Crippen LogP contribution is -2.12. The number of aromatic nitrogens is 4. The van der Waals surface area contributed by atoms with E-state index in [0.29, 0.717) is 34.6 Å². The van der Waals surface area contributed by atoms with Gasteiger partial charge in [0.2, 0.25) is 0 Å². The van der Waals surface area contributed by atoms with E-state index in [-0.39, 0.29) is 5.56 Å². The van der Waals surface area contributed by atoms with Crippen molar-refractivity contribution in [2.45, 2.75) is 61.8 Å². The topological polar surface area (TPSA) is 81.5 Å². The van der Waals surface area contributed by atoms with Gasteiger partial charge in [0.15, 0.2) is 11.5 Å². The fourth-order valence-electron chi connectivity index (χ4n) is 3.14. The molecule has 1 N–H and O–H groups in total. The second kappa shape index (κ2) is 13.3. The first-order valence-electron chi connectivity index (χ1n) is 11.6. The summed E-state index contributed by atoms with van der Waals surface area (Å²) < 4.78 is 12.6. The summed E-state index contributed by atoms with van der Waals surface area (Å²) in [5.74, 6) is 1.58. The van der Waals surface area contributed by atoms with Crippen molar-refractivity contribution in [1.29, 1.82) is 0 Å². The average molecular weight is 455 g/mol. The molecule has 0 atom stereocenters. The summed E-state index contributed by atoms with van der Waals surface area (Å²) in [6, 6.07) is 5.40. The second-order valence-electron chi connectivity index (χ2n) is 6.55. The molecule has 4 aromatic rings. The number of ether oxygens (including phenoxy) is 2. The minimum Gasteiger partial charge on any atom is -0.493 e. The second-order valence-corrected chi connectivity index (χ2v) is 6.55. The van der Waals surface area contributed by atoms with Crippen LogP contribution in [0.1, 0.15) is 64.2 Å². The van der Waals surface area contributed by atoms with Crippen LogP contribution in [0.4, 0.5) is 0 Å². The Morgan fingerprint density at radius 3 is 2.06 bits per heavy atom. The van der Waals surface area contributed by atoms with Crippen molar-refractivity contribution in [2.24, 2.45) is 0 Å². The highest BCUT2D eigenvalue weighted by atomic mass is 16.5. The van der Waals surface area contributed by atoms with Crippen molar-refractivity contribution in [3.05, 3.63) is 63.6 Å². The van der Waals surface area contributed by atoms with E-state index in [4.69, 9.17) is 9.47 Å². The van der Waals surface area contributed by atoms with Crippen molar-refractivity contribution in [1.82, 2.24) is 19.4 Å². The van der Waals surface area contributed by atoms with E-state index in [2.05, 4.69) is 35.0 Å². The number of H-pyrrole nitrogens is 1. The van der Waals surface area contributed by atoms with Gasteiger partial charge in [-0.3, -0.25) is 4.79 Å². The number of fused-ring (bicyclic) bond motifs is 2. The zero-order valence-electron chi connectivity index (χ0n) is 21.7. The minimum absolute atomic E-state index is 0.216. The van der Waals surface area contributed by atoms with Crippen molar-refractivity contribution in [3.63, 3.8) is 0 Å². The van der Waals surface area contributed by atoms with E-state index in [0.717, 1.165) is 11.3 Å². The summed E-state index contributed by atoms with van der Waals surface area (Å²) >= 11 is 0. The molecule has 0 aliphatic rings. The molecule has 0 aliphatic heterocycles. The SMILES string of the molecule is CC.CC.CC.COc1cc2nc(Cc3cn4cc(C)c(C)cc4n3)[nH]c(=O)c2cc1OC. The van der Waals surface area contributed by atoms with Gasteiger partial charge in [0.05, 0.1) is 30.8 Å². The Kier molecular flexibility index (Phi) is 11.1. The summed E-state index contributed by atoms with van der Waals surface area (Å²) in [7, 11) is 3.09. The van der Waals surface area contributed by atoms with Gasteiger partial charge in [-0.15, -0.1) is 0 Å². The number of nitrogens with zero attached hydrogens (tertiary/aromatic N) is 3. The molecule has 0 radical (unpaired) electrons. The quantitative estimate of drug-likeness (QED) is 0.417. The summed E-state index contributed by atoms with van der Waals surface area (Å²) in [6.45, 7) is 16.1. The molecule has 180 valence electrons. The first-order chi connectivity index (χ1) is 16.0. The molecule has 1 aromatic carbocycles. The van der Waals surface area contributed by atoms with Gasteiger partial charge in [0, 0.05) is 24.9 Å². The van der Waals surface area contributed by atoms with Crippen LogP contribution < -0.4 is 15.0 Å². The highest BCUT2D eigenvalue weighted by Gasteiger charge is 2.12. The Hall–Kier alpha value is -3.35. The van der Waals surface area contributed by atoms with E-state index in [1.165, 1.54) is 18.2 Å². The maximum atomic E-state index is 12.5. The van der Waals surface area contributed by atoms with Gasteiger partial charge in [-0.05, 0) is 37.1 Å². The molecule has 0 amide bonds. The maximum Gasteiger partial charge on any atom is 0.258 e. The first kappa shape index (κ1) is 27.7. The van der Waals surface area contributed by atoms with E-state index < -0.39 is 0 Å². The molecule has 0 unspecified atom stereocenters. The van der Waals surface area contributed by atoms with E-state index in [1.54, 1.807) is 19.2 Å². The standard InChI is InChI=1S/C20H20N4O3.3C2H6/c1-11-5-19-21-13(10-24(19)9-12(11)2)6-18-22-15-8-17(27-4)16(26-3)7-14(15)20(25)23-18;3*1-2/h5,7-10H,6H2,1-4H3,(H,22,23,25);3*1-2H3. The third kappa shape index (κ3) is 6.34. The zero-order chi connectivity index (χ0) is 25.1. The van der Waals surface area contributed by atoms with Crippen LogP contribution in [-0.2, 0) is 6.42 Å². The van der Waals surface area contributed by atoms with Crippen LogP contribution >= 0.6 is 0 Å². The van der Waals surface area contributed by atoms with Gasteiger partial charge in [0.25, 0.3) is 5.56 Å². The molecule has 7 nitrogen and oxygen atoms in total. The fourth-order valence-corrected chi connectivity index (χ4v) is 3.14. The average Bonchev–Trinajstić information content (AvgIpc) is 3.23. The Labute approximate surface area is 196 Å². The van der Waals surface area contributed by atoms with Crippen LogP contribution in [0, 0.1) is 13.8 Å². The maximum absolute atomic E-state index is 12.5. The first-order valence-corrected chi connectivity index (χ1v) is 11.6. The number of methoxy groups -OCH3 is 2. The van der Waals surface area contributed by atoms with Crippen molar-refractivity contribution in [3.8, 4) is 11.5 Å². The number of hydrogen-bond acceptors (Lipinski definition) is 5. The number of nitrogens with one attached hydrogen (secondary N) is 1. The minimum atomic E-state index is -0.216. The Bertz CT molecular complexity index is 1190. The van der Waals surface area contributed by atoms with Crippen LogP contribution in [0.2, 0.25) is 0 Å². The summed E-state index contributed by atoms with van der Waals surface area (Å²) in [4.78, 5) is 24.6. The van der Waals surface area contributed by atoms with E-state index in [1.807, 2.05) is 58.2 Å². The Balaban J connectivity index is 0.000000841. The molecule has 0 saturated heterocycles. The molecule has 7 heteroatoms. The largest absolute Gasteiger partial charge is 0.493 e. The number of aryl methyl sites for hydroxylation is 2. The Morgan fingerprint density at radius 1 is 0.848 bits per heavy atom. The van der Waals surface area contributed by atoms with Crippen LogP contribution in [0.25, 0.3) is 16.6 Å². The van der Waals surface area contributed by atoms with Gasteiger partial charge in [0.1, 0.15) is 11.5 Å². The summed E-state index contributed by atoms with van der Waals surface area (Å²) in [6.07, 6.45) is 4.44. The highest BCUT2D eigenvalue weighted by molar-refractivity contribution is 5.81. The fraction of sp³-hybridized carbons (Fsp3) is 0.423. The van der Waals surface area contributed by atoms with Crippen LogP contribution in [0.5, 0.6) is 11.5 Å². The molecule has 33 heavy (non-hydrogen) atoms. The van der Waals surface area contributed by atoms with Crippen molar-refractivity contribution in [2.75, 3.05) is 14.2 Å². The van der Waals surface area contributed by atoms with Crippen molar-refractivity contribution < 1.29 is 9.47 Å². The van der Waals surface area contributed by atoms with Gasteiger partial charge in [-0.2, -0.15) is 0 Å². The number of imidazole rings is 1. The molecule has 3 aromatic heterocycles. The van der Waals surface area contributed by atoms with Gasteiger partial charge >= 0.3 is 0 Å². The lowest BCUT2D eigenvalue weighted by Gasteiger charge is -2.09. The molecular formula is C26H38N4O3. The van der Waals surface area contributed by atoms with Crippen LogP contribution in [0.15, 0.2) is 35.4 Å². The molecule has 3 heterocycles. The van der Waals surface area contributed by atoms with E-state index in [9.17, 15) is 4.79 Å². The lowest BCUT2D eigenvalue weighted by atomic mass is 10.2. The summed E-state index contributed by atoms with van der Waals surface area (Å²) in [5, 5.41) is 0.456. The number of aromatic amines is 1. The lowest BCUT2D eigenvalue weighted by molar-refractivity contribution is 0.355. The molecule has 4 rings (SSSR count). The number of hydrogen-bond donors (Lipinski definition) is 1. The smallest absolute Gasteiger partial charge is 0.258 e. The summed E-state index contributed by atoms with van der Waals surface area (Å²) in [5.41, 5.74) is 4.45. The number of pyridine rings is 1. The van der Waals surface area contributed by atoms with Crippen LogP contribution in [0.3, 0.4) is 0 Å². The third-order valence-electron chi connectivity index (χ3n) is 4.72. The highest BCUT2D eigenvalue weighted by Crippen LogP contribution is 2.30. The van der Waals surface area contributed by atoms with Crippen LogP contribution in [-0.4, -0.2) is 33.6 Å². The molecule has 0 saturated carbocycles. The molecular weight excluding hydrogens is 416 g/mol. The third-order valence-corrected chi connectivity index (χ3v) is 4.72. The van der Waals surface area contributed by atoms with Crippen molar-refractivity contribution >= 4 is 16.6 Å². The van der Waals surface area contributed by atoms with Gasteiger partial charge in [-0.1, -0.05) is 41.5 Å². The monoisotopic (exact) mass is 454 g/mol. The van der Waals surface area contributed by atoms with Gasteiger partial charge < -0.3 is 18.9 Å². The number of rotatable bonds is 4. The van der Waals surface area contributed by atoms with E-state index >= 15 is 0 Å². The predicted molar refractivity (Wildman–Crippen MR) is 137 cm³/mol. The normalized spacial score (nSPS) is 9.76. The Morgan fingerprint density at radius 2 is 1.45 bits per heavy atom. The van der Waals surface area contributed by atoms with Gasteiger partial charge in [-0.25, -0.2) is 9.97 Å². The molecule has 0 spiro atoms. The zero-order valence-corrected chi connectivity index (χ0v) is 21.7. The predicted octanol–water partition coefficient (Wildman–Crippen LogP) is 5.87. The number of benzene rings is 1. The molecule has 0 bridgehead atoms. The molecule has 0 aliphatic carbocycles. The molecule has 0 fully saturated rings.